The van der Waals surface area contributed by atoms with Gasteiger partial charge >= 0.3 is 6.18 Å². The van der Waals surface area contributed by atoms with Crippen LogP contribution in [0.2, 0.25) is 5.02 Å². The molecule has 198 valence electrons. The van der Waals surface area contributed by atoms with Crippen molar-refractivity contribution >= 4 is 44.9 Å². The van der Waals surface area contributed by atoms with Crippen LogP contribution in [0.3, 0.4) is 0 Å². The lowest BCUT2D eigenvalue weighted by molar-refractivity contribution is -0.137. The molecular formula is C28H20BrClF3N5O. The highest BCUT2D eigenvalue weighted by atomic mass is 79.9. The molecule has 0 fully saturated rings. The van der Waals surface area contributed by atoms with Gasteiger partial charge in [0, 0.05) is 35.3 Å². The monoisotopic (exact) mass is 613 g/mol. The Morgan fingerprint density at radius 2 is 1.69 bits per heavy atom. The van der Waals surface area contributed by atoms with E-state index in [1.807, 2.05) is 48.5 Å². The van der Waals surface area contributed by atoms with Crippen LogP contribution in [0.15, 0.2) is 89.5 Å². The molecule has 0 aliphatic heterocycles. The van der Waals surface area contributed by atoms with E-state index in [1.54, 1.807) is 16.8 Å². The molecule has 1 amide bonds. The van der Waals surface area contributed by atoms with Crippen LogP contribution in [0.25, 0.3) is 16.9 Å². The number of anilines is 1. The predicted molar refractivity (Wildman–Crippen MR) is 148 cm³/mol. The van der Waals surface area contributed by atoms with Crippen LogP contribution < -0.4 is 10.6 Å². The van der Waals surface area contributed by atoms with Crippen molar-refractivity contribution in [2.45, 2.75) is 19.3 Å². The Hall–Kier alpha value is -3.89. The first kappa shape index (κ1) is 26.7. The van der Waals surface area contributed by atoms with Gasteiger partial charge in [0.05, 0.1) is 21.9 Å². The summed E-state index contributed by atoms with van der Waals surface area (Å²) in [5.74, 6) is 0.115. The van der Waals surface area contributed by atoms with Crippen molar-refractivity contribution in [1.29, 1.82) is 0 Å². The third kappa shape index (κ3) is 6.07. The van der Waals surface area contributed by atoms with E-state index >= 15 is 0 Å². The molecule has 2 aromatic heterocycles. The summed E-state index contributed by atoms with van der Waals surface area (Å²) in [5, 5.41) is 11.1. The fourth-order valence-corrected chi connectivity index (χ4v) is 4.61. The normalized spacial score (nSPS) is 11.5. The zero-order valence-corrected chi connectivity index (χ0v) is 22.5. The molecule has 6 nitrogen and oxygen atoms in total. The molecule has 11 heteroatoms. The van der Waals surface area contributed by atoms with Crippen LogP contribution in [-0.2, 0) is 19.3 Å². The van der Waals surface area contributed by atoms with Gasteiger partial charge in [0.2, 0.25) is 0 Å². The number of halogens is 5. The first-order chi connectivity index (χ1) is 18.7. The third-order valence-corrected chi connectivity index (χ3v) is 6.84. The third-order valence-electron chi connectivity index (χ3n) is 5.95. The Balaban J connectivity index is 1.31. The molecule has 39 heavy (non-hydrogen) atoms. The molecule has 0 saturated carbocycles. The highest BCUT2D eigenvalue weighted by Crippen LogP contribution is 2.31. The summed E-state index contributed by atoms with van der Waals surface area (Å²) in [6.45, 7) is 0.596. The zero-order chi connectivity index (χ0) is 27.6. The number of carbonyl (C=O) groups excluding carboxylic acids is 1. The van der Waals surface area contributed by atoms with Crippen molar-refractivity contribution in [3.63, 3.8) is 0 Å². The second kappa shape index (κ2) is 11.1. The molecular weight excluding hydrogens is 595 g/mol. The van der Waals surface area contributed by atoms with Crippen LogP contribution in [-0.4, -0.2) is 20.5 Å². The molecule has 0 spiro atoms. The molecule has 0 atom stereocenters. The largest absolute Gasteiger partial charge is 0.416 e. The molecule has 0 unspecified atom stereocenters. The average Bonchev–Trinajstić information content (AvgIpc) is 3.31. The van der Waals surface area contributed by atoms with Gasteiger partial charge in [0.15, 0.2) is 5.65 Å². The maximum atomic E-state index is 13.0. The number of nitrogens with one attached hydrogen (secondary N) is 2. The predicted octanol–water partition coefficient (Wildman–Crippen LogP) is 7.37. The van der Waals surface area contributed by atoms with E-state index in [-0.39, 0.29) is 12.1 Å². The van der Waals surface area contributed by atoms with Gasteiger partial charge < -0.3 is 10.6 Å². The van der Waals surface area contributed by atoms with E-state index < -0.39 is 17.6 Å². The molecule has 0 aliphatic carbocycles. The highest BCUT2D eigenvalue weighted by molar-refractivity contribution is 9.10. The minimum atomic E-state index is -4.52. The maximum absolute atomic E-state index is 13.0. The van der Waals surface area contributed by atoms with Gasteiger partial charge in [-0.1, -0.05) is 60.1 Å². The Labute approximate surface area is 235 Å². The van der Waals surface area contributed by atoms with Crippen molar-refractivity contribution in [3.05, 3.63) is 117 Å². The lowest BCUT2D eigenvalue weighted by Gasteiger charge is -2.13. The lowest BCUT2D eigenvalue weighted by atomic mass is 10.1. The summed E-state index contributed by atoms with van der Waals surface area (Å²) in [4.78, 5) is 17.2. The number of hydrogen-bond acceptors (Lipinski definition) is 4. The molecule has 3 aromatic carbocycles. The minimum Gasteiger partial charge on any atom is -0.366 e. The standard InChI is InChI=1S/C28H20BrClF3N5O/c29-22-16-36-38-25(13-24(37-26(22)38)21-9-1-2-10-23(21)30)34-14-17-5-3-6-18(11-17)15-35-27(39)19-7-4-8-20(12-19)28(31,32)33/h1-13,16,34H,14-15H2,(H,35,39). The summed E-state index contributed by atoms with van der Waals surface area (Å²) >= 11 is 9.90. The quantitative estimate of drug-likeness (QED) is 0.201. The van der Waals surface area contributed by atoms with E-state index in [4.69, 9.17) is 16.6 Å². The molecule has 0 radical (unpaired) electrons. The first-order valence-corrected chi connectivity index (χ1v) is 12.9. The van der Waals surface area contributed by atoms with E-state index in [9.17, 15) is 18.0 Å². The highest BCUT2D eigenvalue weighted by Gasteiger charge is 2.30. The topological polar surface area (TPSA) is 71.3 Å². The fourth-order valence-electron chi connectivity index (χ4n) is 4.03. The van der Waals surface area contributed by atoms with Gasteiger partial charge in [0.25, 0.3) is 5.91 Å². The summed E-state index contributed by atoms with van der Waals surface area (Å²) in [6.07, 6.45) is -2.85. The van der Waals surface area contributed by atoms with Crippen molar-refractivity contribution in [2.75, 3.05) is 5.32 Å². The van der Waals surface area contributed by atoms with Crippen LogP contribution >= 0.6 is 27.5 Å². The second-order valence-electron chi connectivity index (χ2n) is 8.67. The Morgan fingerprint density at radius 1 is 0.949 bits per heavy atom. The smallest absolute Gasteiger partial charge is 0.366 e. The van der Waals surface area contributed by atoms with Crippen molar-refractivity contribution in [1.82, 2.24) is 19.9 Å². The van der Waals surface area contributed by atoms with Gasteiger partial charge in [-0.25, -0.2) is 4.98 Å². The van der Waals surface area contributed by atoms with Crippen molar-refractivity contribution in [3.8, 4) is 11.3 Å². The number of nitrogens with zero attached hydrogens (tertiary/aromatic N) is 3. The Morgan fingerprint density at radius 3 is 2.46 bits per heavy atom. The van der Waals surface area contributed by atoms with Crippen LogP contribution in [0.5, 0.6) is 0 Å². The summed E-state index contributed by atoms with van der Waals surface area (Å²) in [5.41, 5.74) is 2.91. The summed E-state index contributed by atoms with van der Waals surface area (Å²) < 4.78 is 41.4. The summed E-state index contributed by atoms with van der Waals surface area (Å²) in [6, 6.07) is 21.2. The van der Waals surface area contributed by atoms with Crippen molar-refractivity contribution < 1.29 is 18.0 Å². The average molecular weight is 615 g/mol. The number of benzene rings is 3. The second-order valence-corrected chi connectivity index (χ2v) is 9.93. The van der Waals surface area contributed by atoms with Crippen molar-refractivity contribution in [2.24, 2.45) is 0 Å². The lowest BCUT2D eigenvalue weighted by Crippen LogP contribution is -2.23. The molecule has 0 bridgehead atoms. The Kier molecular flexibility index (Phi) is 7.58. The summed E-state index contributed by atoms with van der Waals surface area (Å²) in [7, 11) is 0. The first-order valence-electron chi connectivity index (χ1n) is 11.8. The van der Waals surface area contributed by atoms with Gasteiger partial charge in [-0.3, -0.25) is 4.79 Å². The number of alkyl halides is 3. The maximum Gasteiger partial charge on any atom is 0.416 e. The van der Waals surface area contributed by atoms with Crippen LogP contribution in [0.4, 0.5) is 19.0 Å². The number of amides is 1. The zero-order valence-electron chi connectivity index (χ0n) is 20.1. The number of rotatable bonds is 7. The molecule has 2 N–H and O–H groups in total. The minimum absolute atomic E-state index is 0.0518. The van der Waals surface area contributed by atoms with Gasteiger partial charge in [0.1, 0.15) is 5.82 Å². The SMILES string of the molecule is O=C(NCc1cccc(CNc2cc(-c3ccccc3Cl)nc3c(Br)cnn23)c1)c1cccc(C(F)(F)F)c1. The van der Waals surface area contributed by atoms with E-state index in [1.165, 1.54) is 12.1 Å². The molecule has 0 saturated heterocycles. The van der Waals surface area contributed by atoms with Gasteiger partial charge in [-0.15, -0.1) is 0 Å². The van der Waals surface area contributed by atoms with E-state index in [2.05, 4.69) is 31.7 Å². The molecule has 5 aromatic rings. The van der Waals surface area contributed by atoms with Gasteiger partial charge in [-0.05, 0) is 51.3 Å². The van der Waals surface area contributed by atoms with E-state index in [0.717, 1.165) is 33.3 Å². The van der Waals surface area contributed by atoms with E-state index in [0.29, 0.717) is 28.7 Å². The molecule has 2 heterocycles. The number of hydrogen-bond donors (Lipinski definition) is 2. The van der Waals surface area contributed by atoms with Crippen LogP contribution in [0.1, 0.15) is 27.0 Å². The van der Waals surface area contributed by atoms with Gasteiger partial charge in [-0.2, -0.15) is 22.8 Å². The van der Waals surface area contributed by atoms with Crippen LogP contribution in [0, 0.1) is 0 Å². The number of carbonyl (C=O) groups is 1. The molecule has 0 aliphatic rings. The number of aromatic nitrogens is 3. The molecule has 5 rings (SSSR count). The fraction of sp³-hybridized carbons (Fsp3) is 0.107. The Bertz CT molecular complexity index is 1670. The number of fused-ring (bicyclic) bond motifs is 1.